The molecule has 0 radical (unpaired) electrons. The lowest BCUT2D eigenvalue weighted by atomic mass is 9.90. The third-order valence-corrected chi connectivity index (χ3v) is 4.03. The fourth-order valence-corrected chi connectivity index (χ4v) is 3.55. The van der Waals surface area contributed by atoms with Crippen LogP contribution in [-0.2, 0) is 0 Å². The van der Waals surface area contributed by atoms with E-state index < -0.39 is 0 Å². The van der Waals surface area contributed by atoms with Gasteiger partial charge in [-0.25, -0.2) is 0 Å². The Hall–Kier alpha value is 0. The van der Waals surface area contributed by atoms with Crippen molar-refractivity contribution in [3.05, 3.63) is 0 Å². The number of rotatable bonds is 0. The Morgan fingerprint density at radius 2 is 1.78 bits per heavy atom. The molecule has 0 nitrogen and oxygen atoms in total. The first kappa shape index (κ1) is 4.76. The van der Waals surface area contributed by atoms with Crippen LogP contribution in [0.3, 0.4) is 0 Å². The Balaban J connectivity index is 1.96. The molecule has 2 bridgehead atoms. The van der Waals surface area contributed by atoms with E-state index in [1.165, 1.54) is 23.7 Å². The van der Waals surface area contributed by atoms with E-state index >= 15 is 0 Å². The van der Waals surface area contributed by atoms with Crippen molar-refractivity contribution in [3.8, 4) is 0 Å². The SMILES string of the molecule is CC1CC2CC1C1CC21. The highest BCUT2D eigenvalue weighted by molar-refractivity contribution is 5.08. The van der Waals surface area contributed by atoms with E-state index in [0.717, 1.165) is 5.92 Å². The Labute approximate surface area is 56.6 Å². The molecule has 9 heavy (non-hydrogen) atoms. The van der Waals surface area contributed by atoms with Gasteiger partial charge >= 0.3 is 0 Å². The summed E-state index contributed by atoms with van der Waals surface area (Å²) >= 11 is 0. The van der Waals surface area contributed by atoms with Crippen molar-refractivity contribution < 1.29 is 0 Å². The topological polar surface area (TPSA) is 0 Å². The van der Waals surface area contributed by atoms with Gasteiger partial charge in [0.25, 0.3) is 0 Å². The van der Waals surface area contributed by atoms with E-state index in [9.17, 15) is 0 Å². The van der Waals surface area contributed by atoms with Crippen molar-refractivity contribution in [3.63, 3.8) is 0 Å². The molecule has 0 amide bonds. The van der Waals surface area contributed by atoms with Crippen LogP contribution in [0, 0.1) is 29.6 Å². The highest BCUT2D eigenvalue weighted by Gasteiger charge is 2.59. The van der Waals surface area contributed by atoms with Crippen LogP contribution in [0.4, 0.5) is 0 Å². The fraction of sp³-hybridized carbons (Fsp3) is 1.00. The molecule has 50 valence electrons. The third kappa shape index (κ3) is 0.426. The van der Waals surface area contributed by atoms with Gasteiger partial charge in [0.1, 0.15) is 0 Å². The normalized spacial score (nSPS) is 68.3. The smallest absolute Gasteiger partial charge is 0.0349 e. The quantitative estimate of drug-likeness (QED) is 0.462. The maximum absolute atomic E-state index is 2.46. The molecule has 0 aromatic rings. The lowest BCUT2D eigenvalue weighted by Gasteiger charge is -2.15. The van der Waals surface area contributed by atoms with Crippen LogP contribution < -0.4 is 0 Å². The van der Waals surface area contributed by atoms with E-state index in [4.69, 9.17) is 0 Å². The molecule has 5 unspecified atom stereocenters. The van der Waals surface area contributed by atoms with Gasteiger partial charge < -0.3 is 0 Å². The predicted molar refractivity (Wildman–Crippen MR) is 37.0 cm³/mol. The van der Waals surface area contributed by atoms with E-state index in [-0.39, 0.29) is 0 Å². The number of fused-ring (bicyclic) bond motifs is 5. The second-order valence-corrected chi connectivity index (χ2v) is 4.44. The summed E-state index contributed by atoms with van der Waals surface area (Å²) in [5.41, 5.74) is 0. The van der Waals surface area contributed by atoms with Crippen LogP contribution in [0.25, 0.3) is 0 Å². The van der Waals surface area contributed by atoms with Gasteiger partial charge in [0.2, 0.25) is 0 Å². The minimum atomic E-state index is 1.10. The lowest BCUT2D eigenvalue weighted by Crippen LogP contribution is -2.08. The van der Waals surface area contributed by atoms with Crippen LogP contribution in [0.1, 0.15) is 26.2 Å². The molecule has 3 saturated carbocycles. The van der Waals surface area contributed by atoms with Gasteiger partial charge in [-0.2, -0.15) is 0 Å². The van der Waals surface area contributed by atoms with E-state index in [2.05, 4.69) is 6.92 Å². The number of hydrogen-bond acceptors (Lipinski definition) is 0. The first-order chi connectivity index (χ1) is 4.36. The molecule has 0 heteroatoms. The molecular weight excluding hydrogens is 108 g/mol. The van der Waals surface area contributed by atoms with Crippen molar-refractivity contribution in [1.29, 1.82) is 0 Å². The molecule has 5 atom stereocenters. The average Bonchev–Trinajstić information content (AvgIpc) is 2.46. The van der Waals surface area contributed by atoms with Gasteiger partial charge in [-0.3, -0.25) is 0 Å². The minimum Gasteiger partial charge on any atom is -0.0622 e. The average molecular weight is 122 g/mol. The summed E-state index contributed by atoms with van der Waals surface area (Å²) in [6.45, 7) is 2.46. The Morgan fingerprint density at radius 1 is 0.889 bits per heavy atom. The lowest BCUT2D eigenvalue weighted by molar-refractivity contribution is 0.341. The molecule has 0 heterocycles. The largest absolute Gasteiger partial charge is 0.0622 e. The zero-order chi connectivity index (χ0) is 6.01. The summed E-state index contributed by atoms with van der Waals surface area (Å²) in [6, 6.07) is 0. The van der Waals surface area contributed by atoms with Crippen molar-refractivity contribution in [2.75, 3.05) is 0 Å². The van der Waals surface area contributed by atoms with Crippen LogP contribution in [0.2, 0.25) is 0 Å². The van der Waals surface area contributed by atoms with E-state index in [1.807, 2.05) is 0 Å². The highest BCUT2D eigenvalue weighted by atomic mass is 14.6. The van der Waals surface area contributed by atoms with Gasteiger partial charge in [0.15, 0.2) is 0 Å². The Bertz CT molecular complexity index is 146. The van der Waals surface area contributed by atoms with Crippen molar-refractivity contribution in [2.24, 2.45) is 29.6 Å². The monoisotopic (exact) mass is 122 g/mol. The van der Waals surface area contributed by atoms with Crippen LogP contribution in [-0.4, -0.2) is 0 Å². The molecule has 0 aliphatic heterocycles. The standard InChI is InChI=1S/C9H14/c1-5-2-6-3-7(5)9-4-8(6)9/h5-9H,2-4H2,1H3. The van der Waals surface area contributed by atoms with E-state index in [1.54, 1.807) is 19.3 Å². The summed E-state index contributed by atoms with van der Waals surface area (Å²) in [4.78, 5) is 0. The Kier molecular flexibility index (Phi) is 0.640. The second-order valence-electron chi connectivity index (χ2n) is 4.44. The van der Waals surface area contributed by atoms with Crippen LogP contribution >= 0.6 is 0 Å². The maximum atomic E-state index is 2.46. The van der Waals surface area contributed by atoms with Crippen LogP contribution in [0.5, 0.6) is 0 Å². The van der Waals surface area contributed by atoms with Gasteiger partial charge in [0, 0.05) is 0 Å². The van der Waals surface area contributed by atoms with Gasteiger partial charge in [-0.1, -0.05) is 6.92 Å². The molecule has 0 saturated heterocycles. The van der Waals surface area contributed by atoms with E-state index in [0.29, 0.717) is 0 Å². The second kappa shape index (κ2) is 1.21. The summed E-state index contributed by atoms with van der Waals surface area (Å²) in [6.07, 6.45) is 4.79. The zero-order valence-corrected chi connectivity index (χ0v) is 6.01. The van der Waals surface area contributed by atoms with Gasteiger partial charge in [-0.05, 0) is 48.9 Å². The molecule has 3 fully saturated rings. The molecule has 3 aliphatic rings. The predicted octanol–water partition coefficient (Wildman–Crippen LogP) is 2.30. The first-order valence-electron chi connectivity index (χ1n) is 4.36. The van der Waals surface area contributed by atoms with Crippen LogP contribution in [0.15, 0.2) is 0 Å². The van der Waals surface area contributed by atoms with Crippen molar-refractivity contribution in [1.82, 2.24) is 0 Å². The minimum absolute atomic E-state index is 1.10. The summed E-state index contributed by atoms with van der Waals surface area (Å²) < 4.78 is 0. The summed E-state index contributed by atoms with van der Waals surface area (Å²) in [7, 11) is 0. The molecule has 0 aromatic heterocycles. The van der Waals surface area contributed by atoms with Gasteiger partial charge in [0.05, 0.1) is 0 Å². The summed E-state index contributed by atoms with van der Waals surface area (Å²) in [5.74, 6) is 5.92. The molecule has 0 N–H and O–H groups in total. The first-order valence-corrected chi connectivity index (χ1v) is 4.36. The molecule has 0 aromatic carbocycles. The number of hydrogen-bond donors (Lipinski definition) is 0. The summed E-state index contributed by atoms with van der Waals surface area (Å²) in [5, 5.41) is 0. The third-order valence-electron chi connectivity index (χ3n) is 4.03. The fourth-order valence-electron chi connectivity index (χ4n) is 3.55. The zero-order valence-electron chi connectivity index (χ0n) is 6.01. The molecule has 3 rings (SSSR count). The van der Waals surface area contributed by atoms with Crippen molar-refractivity contribution >= 4 is 0 Å². The Morgan fingerprint density at radius 3 is 2.33 bits per heavy atom. The van der Waals surface area contributed by atoms with Crippen molar-refractivity contribution in [2.45, 2.75) is 26.2 Å². The highest BCUT2D eigenvalue weighted by Crippen LogP contribution is 2.67. The maximum Gasteiger partial charge on any atom is -0.0349 e. The molecule has 3 aliphatic carbocycles. The molecular formula is C9H14. The molecule has 0 spiro atoms. The van der Waals surface area contributed by atoms with Gasteiger partial charge in [-0.15, -0.1) is 0 Å².